The van der Waals surface area contributed by atoms with Gasteiger partial charge in [-0.15, -0.1) is 12.4 Å². The van der Waals surface area contributed by atoms with Gasteiger partial charge in [-0.3, -0.25) is 4.79 Å². The van der Waals surface area contributed by atoms with E-state index in [9.17, 15) is 13.2 Å². The Morgan fingerprint density at radius 1 is 1.12 bits per heavy atom. The first-order valence-corrected chi connectivity index (χ1v) is 10.6. The average Bonchev–Trinajstić information content (AvgIpc) is 3.29. The van der Waals surface area contributed by atoms with Crippen LogP contribution in [0.4, 0.5) is 0 Å². The number of likely N-dealkylation sites (tertiary alicyclic amines) is 1. The molecular formula is C17H27ClN4O3S. The van der Waals surface area contributed by atoms with Gasteiger partial charge < -0.3 is 14.8 Å². The Kier molecular flexibility index (Phi) is 5.67. The van der Waals surface area contributed by atoms with Gasteiger partial charge in [-0.2, -0.15) is 4.31 Å². The van der Waals surface area contributed by atoms with E-state index in [1.54, 1.807) is 28.2 Å². The Morgan fingerprint density at radius 3 is 2.35 bits per heavy atom. The lowest BCUT2D eigenvalue weighted by Gasteiger charge is -2.25. The van der Waals surface area contributed by atoms with Crippen LogP contribution >= 0.6 is 12.4 Å². The molecule has 1 N–H and O–H groups in total. The number of nitrogens with zero attached hydrogens (tertiary/aromatic N) is 3. The van der Waals surface area contributed by atoms with Crippen LogP contribution in [0, 0.1) is 11.8 Å². The number of halogens is 1. The number of carbonyl (C=O) groups is 1. The summed E-state index contributed by atoms with van der Waals surface area (Å²) in [5.41, 5.74) is 0.462. The maximum Gasteiger partial charge on any atom is 0.270 e. The van der Waals surface area contributed by atoms with Crippen molar-refractivity contribution in [2.24, 2.45) is 18.9 Å². The van der Waals surface area contributed by atoms with Gasteiger partial charge in [-0.1, -0.05) is 6.42 Å². The lowest BCUT2D eigenvalue weighted by atomic mass is 10.0. The Bertz CT molecular complexity index is 761. The highest BCUT2D eigenvalue weighted by atomic mass is 35.5. The van der Waals surface area contributed by atoms with Gasteiger partial charge in [-0.25, -0.2) is 8.42 Å². The number of aryl methyl sites for hydroxylation is 1. The number of carbonyl (C=O) groups excluding carboxylic acids is 1. The summed E-state index contributed by atoms with van der Waals surface area (Å²) in [7, 11) is -1.75. The molecule has 7 nitrogen and oxygen atoms in total. The second kappa shape index (κ2) is 7.50. The number of sulfonamides is 1. The van der Waals surface area contributed by atoms with Crippen molar-refractivity contribution in [3.8, 4) is 0 Å². The zero-order valence-electron chi connectivity index (χ0n) is 15.1. The molecule has 2 atom stereocenters. The Morgan fingerprint density at radius 2 is 1.73 bits per heavy atom. The van der Waals surface area contributed by atoms with Gasteiger partial charge in [0.25, 0.3) is 5.91 Å². The number of hydrogen-bond donors (Lipinski definition) is 1. The highest BCUT2D eigenvalue weighted by Crippen LogP contribution is 2.28. The van der Waals surface area contributed by atoms with Crippen LogP contribution in [0.15, 0.2) is 17.2 Å². The van der Waals surface area contributed by atoms with Crippen LogP contribution in [0.25, 0.3) is 0 Å². The number of piperidine rings is 1. The minimum absolute atomic E-state index is 0. The summed E-state index contributed by atoms with van der Waals surface area (Å²) in [4.78, 5) is 15.0. The standard InChI is InChI=1S/C17H26N4O3S.ClH/c1-19-12-15(25(23,24)21-5-3-2-4-6-21)7-16(19)17(22)20-10-13-8-18-9-14(13)11-20;/h7,12-14,18H,2-6,8-11H2,1H3;1H/t13-,14+;. The van der Waals surface area contributed by atoms with Gasteiger partial charge in [0.05, 0.1) is 0 Å². The largest absolute Gasteiger partial charge is 0.345 e. The molecule has 0 aromatic carbocycles. The molecule has 0 aliphatic carbocycles. The number of nitrogens with one attached hydrogen (secondary N) is 1. The normalized spacial score (nSPS) is 26.6. The molecule has 3 aliphatic heterocycles. The highest BCUT2D eigenvalue weighted by molar-refractivity contribution is 7.89. The van der Waals surface area contributed by atoms with Gasteiger partial charge >= 0.3 is 0 Å². The molecule has 0 radical (unpaired) electrons. The molecule has 1 aromatic rings. The third kappa shape index (κ3) is 3.40. The van der Waals surface area contributed by atoms with Gasteiger partial charge in [0.1, 0.15) is 10.6 Å². The summed E-state index contributed by atoms with van der Waals surface area (Å²) in [6.45, 7) is 4.60. The molecule has 4 heterocycles. The molecule has 0 unspecified atom stereocenters. The quantitative estimate of drug-likeness (QED) is 0.815. The van der Waals surface area contributed by atoms with E-state index < -0.39 is 10.0 Å². The second-order valence-corrected chi connectivity index (χ2v) is 9.46. The predicted octanol–water partition coefficient (Wildman–Crippen LogP) is 0.913. The molecule has 0 bridgehead atoms. The van der Waals surface area contributed by atoms with Gasteiger partial charge in [0.15, 0.2) is 0 Å². The number of aromatic nitrogens is 1. The fourth-order valence-electron chi connectivity index (χ4n) is 4.33. The minimum atomic E-state index is -3.50. The van der Waals surface area contributed by atoms with Crippen LogP contribution in [0.1, 0.15) is 29.8 Å². The molecule has 3 aliphatic rings. The van der Waals surface area contributed by atoms with Crippen LogP contribution < -0.4 is 5.32 Å². The van der Waals surface area contributed by atoms with E-state index in [1.165, 1.54) is 0 Å². The monoisotopic (exact) mass is 402 g/mol. The van der Waals surface area contributed by atoms with Gasteiger partial charge in [0, 0.05) is 52.5 Å². The van der Waals surface area contributed by atoms with Crippen molar-refractivity contribution in [2.45, 2.75) is 24.2 Å². The zero-order valence-corrected chi connectivity index (χ0v) is 16.7. The number of fused-ring (bicyclic) bond motifs is 1. The van der Waals surface area contributed by atoms with E-state index in [0.717, 1.165) is 45.4 Å². The van der Waals surface area contributed by atoms with Crippen LogP contribution in [-0.4, -0.2) is 67.4 Å². The van der Waals surface area contributed by atoms with Crippen LogP contribution in [0.3, 0.4) is 0 Å². The molecular weight excluding hydrogens is 376 g/mol. The molecule has 3 saturated heterocycles. The molecule has 1 amide bonds. The lowest BCUT2D eigenvalue weighted by molar-refractivity contribution is 0.0772. The topological polar surface area (TPSA) is 74.7 Å². The zero-order chi connectivity index (χ0) is 17.6. The fourth-order valence-corrected chi connectivity index (χ4v) is 5.91. The van der Waals surface area contributed by atoms with Crippen molar-refractivity contribution in [1.82, 2.24) is 19.1 Å². The van der Waals surface area contributed by atoms with Crippen molar-refractivity contribution in [3.63, 3.8) is 0 Å². The van der Waals surface area contributed by atoms with Gasteiger partial charge in [0.2, 0.25) is 10.0 Å². The maximum absolute atomic E-state index is 12.9. The molecule has 0 saturated carbocycles. The predicted molar refractivity (Wildman–Crippen MR) is 101 cm³/mol. The number of rotatable bonds is 3. The molecule has 146 valence electrons. The van der Waals surface area contributed by atoms with Gasteiger partial charge in [-0.05, 0) is 30.7 Å². The van der Waals surface area contributed by atoms with Crippen molar-refractivity contribution in [3.05, 3.63) is 18.0 Å². The molecule has 26 heavy (non-hydrogen) atoms. The summed E-state index contributed by atoms with van der Waals surface area (Å²) < 4.78 is 28.9. The van der Waals surface area contributed by atoms with E-state index in [1.807, 2.05) is 4.90 Å². The van der Waals surface area contributed by atoms with Crippen molar-refractivity contribution in [1.29, 1.82) is 0 Å². The highest BCUT2D eigenvalue weighted by Gasteiger charge is 2.39. The Hall–Kier alpha value is -1.09. The Labute approximate surface area is 161 Å². The molecule has 3 fully saturated rings. The fraction of sp³-hybridized carbons (Fsp3) is 0.706. The smallest absolute Gasteiger partial charge is 0.270 e. The van der Waals surface area contributed by atoms with E-state index in [0.29, 0.717) is 30.6 Å². The molecule has 0 spiro atoms. The lowest BCUT2D eigenvalue weighted by Crippen LogP contribution is -2.35. The van der Waals surface area contributed by atoms with Crippen LogP contribution in [-0.2, 0) is 17.1 Å². The minimum Gasteiger partial charge on any atom is -0.345 e. The molecule has 1 aromatic heterocycles. The SMILES string of the molecule is Cl.Cn1cc(S(=O)(=O)N2CCCCC2)cc1C(=O)N1C[C@H]2CNC[C@H]2C1. The summed E-state index contributed by atoms with van der Waals surface area (Å²) in [6, 6.07) is 1.55. The molecule has 4 rings (SSSR count). The summed E-state index contributed by atoms with van der Waals surface area (Å²) in [5.74, 6) is 0.999. The number of hydrogen-bond acceptors (Lipinski definition) is 4. The summed E-state index contributed by atoms with van der Waals surface area (Å²) in [6.07, 6.45) is 4.47. The van der Waals surface area contributed by atoms with Crippen molar-refractivity contribution >= 4 is 28.3 Å². The first kappa shape index (κ1) is 19.7. The van der Waals surface area contributed by atoms with Crippen molar-refractivity contribution < 1.29 is 13.2 Å². The summed E-state index contributed by atoms with van der Waals surface area (Å²) in [5, 5.41) is 3.37. The third-order valence-corrected chi connectivity index (χ3v) is 7.69. The average molecular weight is 403 g/mol. The Balaban J connectivity index is 0.00000196. The van der Waals surface area contributed by atoms with Crippen LogP contribution in [0.5, 0.6) is 0 Å². The van der Waals surface area contributed by atoms with Crippen LogP contribution in [0.2, 0.25) is 0 Å². The third-order valence-electron chi connectivity index (χ3n) is 5.83. The van der Waals surface area contributed by atoms with E-state index in [4.69, 9.17) is 0 Å². The molecule has 9 heteroatoms. The van der Waals surface area contributed by atoms with E-state index in [2.05, 4.69) is 5.32 Å². The van der Waals surface area contributed by atoms with E-state index >= 15 is 0 Å². The van der Waals surface area contributed by atoms with Crippen molar-refractivity contribution in [2.75, 3.05) is 39.3 Å². The first-order valence-electron chi connectivity index (χ1n) is 9.13. The van der Waals surface area contributed by atoms with E-state index in [-0.39, 0.29) is 23.2 Å². The maximum atomic E-state index is 12.9. The first-order chi connectivity index (χ1) is 12.0. The summed E-state index contributed by atoms with van der Waals surface area (Å²) >= 11 is 0. The number of amides is 1. The second-order valence-electron chi connectivity index (χ2n) is 7.53.